The van der Waals surface area contributed by atoms with Crippen LogP contribution in [-0.2, 0) is 4.74 Å². The fourth-order valence-electron chi connectivity index (χ4n) is 3.84. The van der Waals surface area contributed by atoms with Gasteiger partial charge in [-0.2, -0.15) is 15.8 Å². The van der Waals surface area contributed by atoms with Crippen LogP contribution < -0.4 is 5.73 Å². The number of ether oxygens (including phenoxy) is 1. The summed E-state index contributed by atoms with van der Waals surface area (Å²) in [5.74, 6) is -1.04. The molecule has 7 nitrogen and oxygen atoms in total. The molecule has 2 N–H and O–H groups in total. The molecule has 1 aromatic heterocycles. The van der Waals surface area contributed by atoms with Gasteiger partial charge < -0.3 is 15.4 Å². The van der Waals surface area contributed by atoms with Crippen molar-refractivity contribution in [2.75, 3.05) is 19.7 Å². The number of carbonyl (C=O) groups excluding carboxylic acids is 1. The van der Waals surface area contributed by atoms with E-state index in [0.717, 1.165) is 9.35 Å². The Hall–Kier alpha value is -2.80. The van der Waals surface area contributed by atoms with Crippen LogP contribution in [0.15, 0.2) is 38.8 Å². The van der Waals surface area contributed by atoms with Crippen LogP contribution in [0.1, 0.15) is 17.7 Å². The second kappa shape index (κ2) is 7.67. The van der Waals surface area contributed by atoms with E-state index in [2.05, 4.69) is 34.1 Å². The zero-order chi connectivity index (χ0) is 20.5. The van der Waals surface area contributed by atoms with Crippen molar-refractivity contribution < 1.29 is 9.53 Å². The average Bonchev–Trinajstić information content (AvgIpc) is 3.12. The number of amides is 1. The van der Waals surface area contributed by atoms with Gasteiger partial charge in [0.25, 0.3) is 0 Å². The molecule has 0 radical (unpaired) electrons. The fraction of sp³-hybridized carbons (Fsp3) is 0.368. The molecule has 0 saturated heterocycles. The van der Waals surface area contributed by atoms with E-state index in [4.69, 9.17) is 10.5 Å². The summed E-state index contributed by atoms with van der Waals surface area (Å²) in [7, 11) is 0. The van der Waals surface area contributed by atoms with E-state index in [-0.39, 0.29) is 31.0 Å². The van der Waals surface area contributed by atoms with Crippen molar-refractivity contribution >= 4 is 33.4 Å². The van der Waals surface area contributed by atoms with E-state index < -0.39 is 23.3 Å². The summed E-state index contributed by atoms with van der Waals surface area (Å²) in [6, 6.07) is 8.07. The monoisotopic (exact) mass is 457 g/mol. The minimum atomic E-state index is -1.70. The molecular formula is C19H16BrN5O2S. The summed E-state index contributed by atoms with van der Waals surface area (Å²) < 4.78 is 5.93. The molecule has 0 spiro atoms. The molecule has 1 aliphatic carbocycles. The summed E-state index contributed by atoms with van der Waals surface area (Å²) in [6.07, 6.45) is 1.30. The maximum atomic E-state index is 12.3. The Bertz CT molecular complexity index is 993. The predicted octanol–water partition coefficient (Wildman–Crippen LogP) is 3.39. The molecule has 0 saturated carbocycles. The Labute approximate surface area is 175 Å². The Balaban J connectivity index is 2.22. The van der Waals surface area contributed by atoms with Gasteiger partial charge in [0.05, 0.1) is 30.0 Å². The highest BCUT2D eigenvalue weighted by Crippen LogP contribution is 2.55. The van der Waals surface area contributed by atoms with Crippen LogP contribution in [0.4, 0.5) is 4.79 Å². The van der Waals surface area contributed by atoms with Crippen LogP contribution in [0, 0.1) is 45.3 Å². The molecule has 3 rings (SSSR count). The normalized spacial score (nSPS) is 23.0. The lowest BCUT2D eigenvalue weighted by Crippen LogP contribution is -2.49. The largest absolute Gasteiger partial charge is 0.450 e. The van der Waals surface area contributed by atoms with Crippen molar-refractivity contribution in [3.05, 3.63) is 43.7 Å². The number of fused-ring (bicyclic) bond motifs is 1. The maximum absolute atomic E-state index is 12.3. The SMILES string of the molecule is CCOC(=O)N1CC=C2C(C#N)=C(N)C(C#N)(C#N)[C@H](c3cc(Br)cs3)[C@@H]2C1. The number of allylic oxidation sites excluding steroid dienone is 2. The maximum Gasteiger partial charge on any atom is 0.410 e. The highest BCUT2D eigenvalue weighted by atomic mass is 79.9. The van der Waals surface area contributed by atoms with Crippen molar-refractivity contribution in [2.24, 2.45) is 17.1 Å². The number of hydrogen-bond acceptors (Lipinski definition) is 7. The zero-order valence-corrected chi connectivity index (χ0v) is 17.4. The molecule has 9 heteroatoms. The number of thiophene rings is 1. The van der Waals surface area contributed by atoms with Gasteiger partial charge in [0.15, 0.2) is 5.41 Å². The van der Waals surface area contributed by atoms with Gasteiger partial charge in [-0.25, -0.2) is 4.79 Å². The third-order valence-electron chi connectivity index (χ3n) is 5.08. The van der Waals surface area contributed by atoms with E-state index in [1.807, 2.05) is 11.4 Å². The second-order valence-corrected chi connectivity index (χ2v) is 8.31. The Kier molecular flexibility index (Phi) is 5.47. The predicted molar refractivity (Wildman–Crippen MR) is 105 cm³/mol. The third kappa shape index (κ3) is 2.96. The highest BCUT2D eigenvalue weighted by Gasteiger charge is 2.55. The van der Waals surface area contributed by atoms with Crippen LogP contribution in [0.25, 0.3) is 0 Å². The molecule has 1 amide bonds. The number of carbonyl (C=O) groups is 1. The van der Waals surface area contributed by atoms with Gasteiger partial charge in [-0.3, -0.25) is 0 Å². The van der Waals surface area contributed by atoms with Gasteiger partial charge in [-0.1, -0.05) is 6.08 Å². The molecule has 0 bridgehead atoms. The summed E-state index contributed by atoms with van der Waals surface area (Å²) in [4.78, 5) is 14.6. The lowest BCUT2D eigenvalue weighted by atomic mass is 9.59. The number of halogens is 1. The lowest BCUT2D eigenvalue weighted by Gasteiger charge is -2.44. The molecule has 1 aliphatic heterocycles. The van der Waals surface area contributed by atoms with E-state index in [0.29, 0.717) is 5.57 Å². The first kappa shape index (κ1) is 19.9. The van der Waals surface area contributed by atoms with Gasteiger partial charge in [0, 0.05) is 39.7 Å². The molecular weight excluding hydrogens is 442 g/mol. The van der Waals surface area contributed by atoms with Crippen molar-refractivity contribution in [2.45, 2.75) is 12.8 Å². The molecule has 28 heavy (non-hydrogen) atoms. The highest BCUT2D eigenvalue weighted by molar-refractivity contribution is 9.10. The van der Waals surface area contributed by atoms with Crippen molar-refractivity contribution in [3.8, 4) is 18.2 Å². The van der Waals surface area contributed by atoms with Crippen LogP contribution in [0.5, 0.6) is 0 Å². The molecule has 142 valence electrons. The zero-order valence-electron chi connectivity index (χ0n) is 15.0. The van der Waals surface area contributed by atoms with Gasteiger partial charge in [-0.05, 0) is 34.5 Å². The molecule has 0 unspecified atom stereocenters. The fourth-order valence-corrected chi connectivity index (χ4v) is 5.52. The van der Waals surface area contributed by atoms with E-state index in [9.17, 15) is 20.6 Å². The average molecular weight is 458 g/mol. The minimum absolute atomic E-state index is 0.0263. The standard InChI is InChI=1S/C19H16BrN5O2S/c1-2-27-18(26)25-4-3-12-13(6-21)17(24)19(9-22,10-23)16(14(12)7-25)15-5-11(20)8-28-15/h3,5,8,14,16H,2,4,7,24H2,1H3/t14-,16+/m1/s1. The van der Waals surface area contributed by atoms with Crippen molar-refractivity contribution in [3.63, 3.8) is 0 Å². The van der Waals surface area contributed by atoms with Crippen LogP contribution in [-0.4, -0.2) is 30.7 Å². The van der Waals surface area contributed by atoms with Crippen LogP contribution >= 0.6 is 27.3 Å². The van der Waals surface area contributed by atoms with Gasteiger partial charge in [-0.15, -0.1) is 11.3 Å². The molecule has 2 atom stereocenters. The smallest absolute Gasteiger partial charge is 0.410 e. The summed E-state index contributed by atoms with van der Waals surface area (Å²) in [6.45, 7) is 2.47. The quantitative estimate of drug-likeness (QED) is 0.724. The summed E-state index contributed by atoms with van der Waals surface area (Å²) in [5.41, 5.74) is 5.34. The minimum Gasteiger partial charge on any atom is -0.450 e. The van der Waals surface area contributed by atoms with Crippen molar-refractivity contribution in [1.82, 2.24) is 4.90 Å². The number of rotatable bonds is 2. The number of nitriles is 3. The van der Waals surface area contributed by atoms with E-state index >= 15 is 0 Å². The lowest BCUT2D eigenvalue weighted by molar-refractivity contribution is 0.100. The number of hydrogen-bond donors (Lipinski definition) is 1. The summed E-state index contributed by atoms with van der Waals surface area (Å²) >= 11 is 4.82. The van der Waals surface area contributed by atoms with E-state index in [1.54, 1.807) is 13.0 Å². The van der Waals surface area contributed by atoms with Crippen molar-refractivity contribution in [1.29, 1.82) is 15.8 Å². The van der Waals surface area contributed by atoms with Gasteiger partial charge >= 0.3 is 6.09 Å². The molecule has 2 heterocycles. The first-order valence-electron chi connectivity index (χ1n) is 8.52. The molecule has 2 aliphatic rings. The summed E-state index contributed by atoms with van der Waals surface area (Å²) in [5, 5.41) is 31.5. The Morgan fingerprint density at radius 3 is 2.71 bits per heavy atom. The second-order valence-electron chi connectivity index (χ2n) is 6.45. The topological polar surface area (TPSA) is 127 Å². The number of nitrogens with two attached hydrogens (primary N) is 1. The molecule has 1 aromatic rings. The van der Waals surface area contributed by atoms with E-state index in [1.165, 1.54) is 16.2 Å². The van der Waals surface area contributed by atoms with Gasteiger partial charge in [0.1, 0.15) is 6.07 Å². The van der Waals surface area contributed by atoms with Crippen LogP contribution in [0.3, 0.4) is 0 Å². The van der Waals surface area contributed by atoms with Crippen LogP contribution in [0.2, 0.25) is 0 Å². The van der Waals surface area contributed by atoms with Gasteiger partial charge in [0.2, 0.25) is 0 Å². The third-order valence-corrected chi connectivity index (χ3v) is 6.86. The first-order chi connectivity index (χ1) is 13.4. The Morgan fingerprint density at radius 2 is 2.18 bits per heavy atom. The first-order valence-corrected chi connectivity index (χ1v) is 10.2. The molecule has 0 aromatic carbocycles. The molecule has 0 fully saturated rings. The number of nitrogens with zero attached hydrogens (tertiary/aromatic N) is 4. The Morgan fingerprint density at radius 1 is 1.46 bits per heavy atom.